The lowest BCUT2D eigenvalue weighted by molar-refractivity contribution is -0.209. The maximum atomic E-state index is 14.9. The lowest BCUT2D eigenvalue weighted by atomic mass is 9.83. The van der Waals surface area contributed by atoms with E-state index in [-0.39, 0.29) is 16.9 Å². The van der Waals surface area contributed by atoms with E-state index in [0.717, 1.165) is 30.5 Å². The summed E-state index contributed by atoms with van der Waals surface area (Å²) in [5, 5.41) is 2.34. The Morgan fingerprint density at radius 3 is 2.58 bits per heavy atom. The van der Waals surface area contributed by atoms with E-state index in [1.54, 1.807) is 0 Å². The third kappa shape index (κ3) is 5.01. The van der Waals surface area contributed by atoms with E-state index in [1.807, 2.05) is 0 Å². The largest absolute Gasteiger partial charge is 0.452 e. The molecule has 6 nitrogen and oxygen atoms in total. The van der Waals surface area contributed by atoms with Crippen LogP contribution in [-0.2, 0) is 10.3 Å². The average Bonchev–Trinajstić information content (AvgIpc) is 2.75. The van der Waals surface area contributed by atoms with Crippen LogP contribution in [0.25, 0.3) is 0 Å². The fourth-order valence-electron chi connectivity index (χ4n) is 3.33. The summed E-state index contributed by atoms with van der Waals surface area (Å²) in [7, 11) is 0. The molecule has 0 bridgehead atoms. The van der Waals surface area contributed by atoms with Crippen LogP contribution in [0.2, 0.25) is 0 Å². The Balaban J connectivity index is 1.98. The smallest absolute Gasteiger partial charge is 0.425 e. The van der Waals surface area contributed by atoms with Gasteiger partial charge in [0.15, 0.2) is 6.10 Å². The molecule has 0 saturated carbocycles. The van der Waals surface area contributed by atoms with Gasteiger partial charge >= 0.3 is 6.18 Å². The Morgan fingerprint density at radius 1 is 1.33 bits per heavy atom. The van der Waals surface area contributed by atoms with Gasteiger partial charge in [-0.1, -0.05) is 0 Å². The standard InChI is InChI=1S/C20H17F7N4O2/c1-9-4-11(30-17(32)13-3-2-10(7-29-13)16(23)24)5-12(15(9)22)19(8-21)6-14(20(25,26)27)33-18(28)31-19/h2-5,7,14,16H,6,8H2,1H3,(H2,28,31)(H,30,32). The molecule has 1 amide bonds. The van der Waals surface area contributed by atoms with Crippen molar-refractivity contribution in [2.75, 3.05) is 12.0 Å². The highest BCUT2D eigenvalue weighted by Crippen LogP contribution is 2.42. The third-order valence-corrected chi connectivity index (χ3v) is 4.98. The molecule has 0 saturated heterocycles. The zero-order valence-electron chi connectivity index (χ0n) is 16.9. The van der Waals surface area contributed by atoms with Crippen LogP contribution in [0.3, 0.4) is 0 Å². The van der Waals surface area contributed by atoms with E-state index in [0.29, 0.717) is 0 Å². The lowest BCUT2D eigenvalue weighted by Gasteiger charge is -2.37. The van der Waals surface area contributed by atoms with Gasteiger partial charge in [0.25, 0.3) is 18.4 Å². The molecule has 1 aromatic heterocycles. The number of rotatable bonds is 5. The van der Waals surface area contributed by atoms with Crippen LogP contribution in [0.1, 0.15) is 40.0 Å². The number of aliphatic imine (C=N–C) groups is 1. The molecule has 3 rings (SSSR count). The number of nitrogens with two attached hydrogens (primary N) is 1. The fourth-order valence-corrected chi connectivity index (χ4v) is 3.33. The SMILES string of the molecule is Cc1cc(NC(=O)c2ccc(C(F)F)cn2)cc(C2(CF)CC(C(F)(F)F)OC(N)=N2)c1F. The number of halogens is 7. The second-order valence-electron chi connectivity index (χ2n) is 7.35. The molecule has 0 fully saturated rings. The number of benzene rings is 1. The first-order chi connectivity index (χ1) is 15.4. The molecule has 2 atom stereocenters. The normalized spacial score (nSPS) is 20.9. The number of alkyl halides is 6. The Morgan fingerprint density at radius 2 is 2.03 bits per heavy atom. The molecular weight excluding hydrogens is 461 g/mol. The Kier molecular flexibility index (Phi) is 6.52. The summed E-state index contributed by atoms with van der Waals surface area (Å²) in [6, 6.07) is 3.15. The summed E-state index contributed by atoms with van der Waals surface area (Å²) in [5.41, 5.74) is 1.52. The average molecular weight is 478 g/mol. The molecule has 1 aliphatic heterocycles. The van der Waals surface area contributed by atoms with E-state index >= 15 is 0 Å². The van der Waals surface area contributed by atoms with Crippen molar-refractivity contribution < 1.29 is 40.3 Å². The molecule has 13 heteroatoms. The minimum Gasteiger partial charge on any atom is -0.452 e. The number of nitrogens with zero attached hydrogens (tertiary/aromatic N) is 2. The number of aromatic nitrogens is 1. The number of nitrogens with one attached hydrogen (secondary N) is 1. The highest BCUT2D eigenvalue weighted by Gasteiger charge is 2.52. The molecule has 2 heterocycles. The van der Waals surface area contributed by atoms with Crippen LogP contribution in [0, 0.1) is 12.7 Å². The molecule has 1 aromatic carbocycles. The summed E-state index contributed by atoms with van der Waals surface area (Å²) in [4.78, 5) is 19.7. The Labute approximate surface area is 182 Å². The molecule has 0 spiro atoms. The van der Waals surface area contributed by atoms with Gasteiger partial charge in [-0.2, -0.15) is 13.2 Å². The predicted molar refractivity (Wildman–Crippen MR) is 103 cm³/mol. The second kappa shape index (κ2) is 8.87. The van der Waals surface area contributed by atoms with Crippen LogP contribution in [0.5, 0.6) is 0 Å². The van der Waals surface area contributed by atoms with Gasteiger partial charge in [0.2, 0.25) is 0 Å². The van der Waals surface area contributed by atoms with Crippen molar-refractivity contribution in [1.82, 2.24) is 4.98 Å². The molecule has 33 heavy (non-hydrogen) atoms. The van der Waals surface area contributed by atoms with Crippen LogP contribution >= 0.6 is 0 Å². The van der Waals surface area contributed by atoms with Crippen molar-refractivity contribution in [2.45, 2.75) is 37.6 Å². The molecule has 2 unspecified atom stereocenters. The van der Waals surface area contributed by atoms with E-state index in [9.17, 15) is 35.5 Å². The van der Waals surface area contributed by atoms with E-state index in [2.05, 4.69) is 20.0 Å². The zero-order valence-corrected chi connectivity index (χ0v) is 16.9. The number of anilines is 1. The summed E-state index contributed by atoms with van der Waals surface area (Å²) in [5.74, 6) is -1.91. The quantitative estimate of drug-likeness (QED) is 0.618. The molecule has 178 valence electrons. The molecule has 0 radical (unpaired) electrons. The minimum atomic E-state index is -4.92. The number of aryl methyl sites for hydroxylation is 1. The summed E-state index contributed by atoms with van der Waals surface area (Å²) in [6.45, 7) is -0.280. The first-order valence-electron chi connectivity index (χ1n) is 9.37. The predicted octanol–water partition coefficient (Wildman–Crippen LogP) is 4.55. The summed E-state index contributed by atoms with van der Waals surface area (Å²) < 4.78 is 98.5. The third-order valence-electron chi connectivity index (χ3n) is 4.98. The van der Waals surface area contributed by atoms with Crippen LogP contribution in [0.15, 0.2) is 35.5 Å². The van der Waals surface area contributed by atoms with Crippen molar-refractivity contribution in [3.8, 4) is 0 Å². The first kappa shape index (κ1) is 24.3. The number of amidine groups is 1. The zero-order chi connectivity index (χ0) is 24.6. The van der Waals surface area contributed by atoms with Crippen molar-refractivity contribution in [3.05, 3.63) is 58.7 Å². The Hall–Kier alpha value is -3.38. The van der Waals surface area contributed by atoms with Crippen molar-refractivity contribution >= 4 is 17.6 Å². The monoisotopic (exact) mass is 478 g/mol. The van der Waals surface area contributed by atoms with Gasteiger partial charge in [0.05, 0.1) is 0 Å². The molecule has 3 N–H and O–H groups in total. The number of carbonyl (C=O) groups excluding carboxylic acids is 1. The lowest BCUT2D eigenvalue weighted by Crippen LogP contribution is -2.48. The fraction of sp³-hybridized carbons (Fsp3) is 0.350. The number of pyridine rings is 1. The number of hydrogen-bond acceptors (Lipinski definition) is 5. The van der Waals surface area contributed by atoms with Crippen molar-refractivity contribution in [3.63, 3.8) is 0 Å². The topological polar surface area (TPSA) is 89.6 Å². The van der Waals surface area contributed by atoms with Crippen LogP contribution in [-0.4, -0.2) is 35.9 Å². The van der Waals surface area contributed by atoms with Gasteiger partial charge in [-0.15, -0.1) is 0 Å². The van der Waals surface area contributed by atoms with Crippen LogP contribution in [0.4, 0.5) is 36.4 Å². The highest BCUT2D eigenvalue weighted by molar-refractivity contribution is 6.03. The number of carbonyl (C=O) groups is 1. The Bertz CT molecular complexity index is 1070. The molecule has 0 aliphatic carbocycles. The van der Waals surface area contributed by atoms with Gasteiger partial charge < -0.3 is 15.8 Å². The van der Waals surface area contributed by atoms with Crippen molar-refractivity contribution in [1.29, 1.82) is 0 Å². The van der Waals surface area contributed by atoms with Gasteiger partial charge in [0, 0.05) is 29.4 Å². The van der Waals surface area contributed by atoms with Gasteiger partial charge in [-0.3, -0.25) is 9.78 Å². The van der Waals surface area contributed by atoms with Crippen molar-refractivity contribution in [2.24, 2.45) is 10.7 Å². The molecular formula is C20H17F7N4O2. The van der Waals surface area contributed by atoms with Gasteiger partial charge in [0.1, 0.15) is 23.7 Å². The first-order valence-corrected chi connectivity index (χ1v) is 9.37. The maximum Gasteiger partial charge on any atom is 0.425 e. The molecule has 2 aromatic rings. The van der Waals surface area contributed by atoms with Gasteiger partial charge in [-0.05, 0) is 36.8 Å². The molecule has 1 aliphatic rings. The summed E-state index contributed by atoms with van der Waals surface area (Å²) >= 11 is 0. The highest BCUT2D eigenvalue weighted by atomic mass is 19.4. The maximum absolute atomic E-state index is 14.9. The van der Waals surface area contributed by atoms with E-state index in [4.69, 9.17) is 5.73 Å². The van der Waals surface area contributed by atoms with E-state index < -0.39 is 66.2 Å². The minimum absolute atomic E-state index is 0.106. The summed E-state index contributed by atoms with van der Waals surface area (Å²) in [6.07, 6.45) is -10.5. The number of hydrogen-bond donors (Lipinski definition) is 2. The number of amides is 1. The van der Waals surface area contributed by atoms with E-state index in [1.165, 1.54) is 6.92 Å². The van der Waals surface area contributed by atoms with Crippen LogP contribution < -0.4 is 11.1 Å². The number of ether oxygens (including phenoxy) is 1. The second-order valence-corrected chi connectivity index (χ2v) is 7.35. The van der Waals surface area contributed by atoms with Gasteiger partial charge in [-0.25, -0.2) is 22.6 Å².